The van der Waals surface area contributed by atoms with Gasteiger partial charge in [0.15, 0.2) is 11.4 Å². The second-order valence-electron chi connectivity index (χ2n) is 5.54. The highest BCUT2D eigenvalue weighted by Gasteiger charge is 2.60. The fraction of sp³-hybridized carbons (Fsp3) is 0.211. The lowest BCUT2D eigenvalue weighted by molar-refractivity contribution is -0.249. The Morgan fingerprint density at radius 1 is 1.00 bits per heavy atom. The second-order valence-corrected chi connectivity index (χ2v) is 5.54. The van der Waals surface area contributed by atoms with E-state index in [1.165, 1.54) is 24.3 Å². The van der Waals surface area contributed by atoms with Gasteiger partial charge in [-0.3, -0.25) is 4.79 Å². The number of hydrogen-bond donors (Lipinski definition) is 1. The van der Waals surface area contributed by atoms with Gasteiger partial charge in [-0.1, -0.05) is 66.7 Å². The molecule has 0 radical (unpaired) electrons. The van der Waals surface area contributed by atoms with Crippen molar-refractivity contribution in [1.29, 1.82) is 0 Å². The number of carbonyl (C=O) groups is 1. The summed E-state index contributed by atoms with van der Waals surface area (Å²) in [4.78, 5) is 12.0. The van der Waals surface area contributed by atoms with Crippen LogP contribution in [-0.4, -0.2) is 23.2 Å². The highest BCUT2D eigenvalue weighted by Crippen LogP contribution is 2.44. The van der Waals surface area contributed by atoms with Gasteiger partial charge in [0.1, 0.15) is 0 Å². The number of aliphatic hydroxyl groups is 1. The van der Waals surface area contributed by atoms with Crippen LogP contribution in [0.3, 0.4) is 0 Å². The molecule has 25 heavy (non-hydrogen) atoms. The van der Waals surface area contributed by atoms with E-state index in [2.05, 4.69) is 0 Å². The molecule has 0 aromatic heterocycles. The average Bonchev–Trinajstić information content (AvgIpc) is 2.61. The maximum atomic E-state index is 14.0. The van der Waals surface area contributed by atoms with Crippen molar-refractivity contribution in [3.8, 4) is 0 Å². The third-order valence-corrected chi connectivity index (χ3v) is 3.77. The maximum absolute atomic E-state index is 14.0. The molecule has 0 saturated carbocycles. The molecule has 2 nitrogen and oxygen atoms in total. The summed E-state index contributed by atoms with van der Waals surface area (Å²) in [6, 6.07) is 14.9. The zero-order valence-electron chi connectivity index (χ0n) is 13.1. The van der Waals surface area contributed by atoms with Gasteiger partial charge in [0.25, 0.3) is 0 Å². The molecule has 0 bridgehead atoms. The van der Waals surface area contributed by atoms with E-state index >= 15 is 0 Å². The Bertz CT molecular complexity index is 730. The van der Waals surface area contributed by atoms with Crippen LogP contribution in [0, 0.1) is 0 Å². The Labute approximate surface area is 142 Å². The van der Waals surface area contributed by atoms with Crippen LogP contribution < -0.4 is 0 Å². The minimum Gasteiger partial charge on any atom is -0.378 e. The van der Waals surface area contributed by atoms with Crippen molar-refractivity contribution in [3.63, 3.8) is 0 Å². The predicted molar refractivity (Wildman–Crippen MR) is 86.4 cm³/mol. The summed E-state index contributed by atoms with van der Waals surface area (Å²) in [7, 11) is 0. The molecule has 2 aromatic rings. The SMILES string of the molecule is O=C(/C=C/c1ccccc1)C[C@](O)(c1ccccc1)C(F)(F)C(F)F. The Morgan fingerprint density at radius 3 is 2.04 bits per heavy atom. The van der Waals surface area contributed by atoms with Crippen LogP contribution >= 0.6 is 0 Å². The van der Waals surface area contributed by atoms with Crippen molar-refractivity contribution in [3.05, 3.63) is 77.9 Å². The summed E-state index contributed by atoms with van der Waals surface area (Å²) in [6.45, 7) is 0. The van der Waals surface area contributed by atoms with Gasteiger partial charge in [0.2, 0.25) is 0 Å². The lowest BCUT2D eigenvalue weighted by atomic mass is 9.82. The molecule has 2 aromatic carbocycles. The third kappa shape index (κ3) is 4.14. The van der Waals surface area contributed by atoms with Crippen molar-refractivity contribution in [2.24, 2.45) is 0 Å². The molecule has 0 unspecified atom stereocenters. The van der Waals surface area contributed by atoms with E-state index in [-0.39, 0.29) is 0 Å². The van der Waals surface area contributed by atoms with Crippen LogP contribution in [0.25, 0.3) is 6.08 Å². The maximum Gasteiger partial charge on any atom is 0.339 e. The average molecular weight is 352 g/mol. The zero-order valence-corrected chi connectivity index (χ0v) is 13.1. The van der Waals surface area contributed by atoms with Crippen LogP contribution in [-0.2, 0) is 10.4 Å². The Morgan fingerprint density at radius 2 is 1.52 bits per heavy atom. The molecule has 0 fully saturated rings. The molecule has 1 atom stereocenters. The highest BCUT2D eigenvalue weighted by molar-refractivity contribution is 5.94. The van der Waals surface area contributed by atoms with E-state index in [4.69, 9.17) is 0 Å². The molecular formula is C19H16F4O2. The fourth-order valence-electron chi connectivity index (χ4n) is 2.37. The summed E-state index contributed by atoms with van der Waals surface area (Å²) < 4.78 is 53.8. The minimum absolute atomic E-state index is 0.443. The first-order valence-electron chi connectivity index (χ1n) is 7.47. The summed E-state index contributed by atoms with van der Waals surface area (Å²) in [5.74, 6) is -5.68. The van der Waals surface area contributed by atoms with Gasteiger partial charge in [0.05, 0.1) is 0 Å². The molecule has 6 heteroatoms. The lowest BCUT2D eigenvalue weighted by Crippen LogP contribution is -2.51. The third-order valence-electron chi connectivity index (χ3n) is 3.77. The number of allylic oxidation sites excluding steroid dienone is 1. The summed E-state index contributed by atoms with van der Waals surface area (Å²) >= 11 is 0. The largest absolute Gasteiger partial charge is 0.378 e. The molecule has 132 valence electrons. The second kappa shape index (κ2) is 7.61. The van der Waals surface area contributed by atoms with Gasteiger partial charge in [0, 0.05) is 6.42 Å². The first-order chi connectivity index (χ1) is 11.8. The zero-order chi connectivity index (χ0) is 18.5. The van der Waals surface area contributed by atoms with Crippen LogP contribution in [0.5, 0.6) is 0 Å². The minimum atomic E-state index is -4.79. The summed E-state index contributed by atoms with van der Waals surface area (Å²) in [5, 5.41) is 10.4. The van der Waals surface area contributed by atoms with Crippen molar-refractivity contribution >= 4 is 11.9 Å². The van der Waals surface area contributed by atoms with Gasteiger partial charge >= 0.3 is 12.3 Å². The van der Waals surface area contributed by atoms with Crippen LogP contribution in [0.4, 0.5) is 17.6 Å². The number of rotatable bonds is 7. The number of ketones is 1. The quantitative estimate of drug-likeness (QED) is 0.591. The highest BCUT2D eigenvalue weighted by atomic mass is 19.3. The Balaban J connectivity index is 2.31. The summed E-state index contributed by atoms with van der Waals surface area (Å²) in [5.41, 5.74) is -3.11. The van der Waals surface area contributed by atoms with E-state index in [9.17, 15) is 27.5 Å². The van der Waals surface area contributed by atoms with Crippen LogP contribution in [0.2, 0.25) is 0 Å². The molecule has 1 N–H and O–H groups in total. The van der Waals surface area contributed by atoms with E-state index < -0.39 is 35.7 Å². The molecule has 0 aliphatic rings. The Hall–Kier alpha value is -2.47. The number of alkyl halides is 4. The first-order valence-corrected chi connectivity index (χ1v) is 7.47. The van der Waals surface area contributed by atoms with Crippen molar-refractivity contribution in [2.75, 3.05) is 0 Å². The number of hydrogen-bond acceptors (Lipinski definition) is 2. The fourth-order valence-corrected chi connectivity index (χ4v) is 2.37. The molecule has 0 amide bonds. The monoisotopic (exact) mass is 352 g/mol. The van der Waals surface area contributed by atoms with Crippen molar-refractivity contribution < 1.29 is 27.5 Å². The molecule has 0 aliphatic carbocycles. The predicted octanol–water partition coefficient (Wildman–Crippen LogP) is 4.45. The van der Waals surface area contributed by atoms with Gasteiger partial charge in [-0.25, -0.2) is 8.78 Å². The van der Waals surface area contributed by atoms with E-state index in [0.29, 0.717) is 5.56 Å². The summed E-state index contributed by atoms with van der Waals surface area (Å²) in [6.07, 6.45) is -2.93. The topological polar surface area (TPSA) is 37.3 Å². The Kier molecular flexibility index (Phi) is 5.74. The van der Waals surface area contributed by atoms with E-state index in [1.54, 1.807) is 30.3 Å². The molecule has 0 spiro atoms. The van der Waals surface area contributed by atoms with Crippen molar-refractivity contribution in [2.45, 2.75) is 24.4 Å². The van der Waals surface area contributed by atoms with Crippen LogP contribution in [0.1, 0.15) is 17.5 Å². The molecule has 2 rings (SSSR count). The number of halogens is 4. The van der Waals surface area contributed by atoms with Crippen molar-refractivity contribution in [1.82, 2.24) is 0 Å². The van der Waals surface area contributed by atoms with Gasteiger partial charge in [-0.05, 0) is 17.2 Å². The molecule has 0 heterocycles. The number of benzene rings is 2. The lowest BCUT2D eigenvalue weighted by Gasteiger charge is -2.35. The van der Waals surface area contributed by atoms with Gasteiger partial charge in [-0.2, -0.15) is 8.78 Å². The first kappa shape index (κ1) is 18.9. The van der Waals surface area contributed by atoms with E-state index in [1.807, 2.05) is 0 Å². The molecule has 0 aliphatic heterocycles. The molecular weight excluding hydrogens is 336 g/mol. The van der Waals surface area contributed by atoms with Gasteiger partial charge < -0.3 is 5.11 Å². The van der Waals surface area contributed by atoms with E-state index in [0.717, 1.165) is 18.2 Å². The number of carbonyl (C=O) groups excluding carboxylic acids is 1. The normalized spacial score (nSPS) is 14.6. The van der Waals surface area contributed by atoms with Gasteiger partial charge in [-0.15, -0.1) is 0 Å². The standard InChI is InChI=1S/C19H16F4O2/c20-17(21)19(22,23)18(25,15-9-5-2-6-10-15)13-16(24)12-11-14-7-3-1-4-8-14/h1-12,17,25H,13H2/b12-11+/t18-/m0/s1. The smallest absolute Gasteiger partial charge is 0.339 e. The molecule has 0 saturated heterocycles. The van der Waals surface area contributed by atoms with Crippen LogP contribution in [0.15, 0.2) is 66.7 Å².